The summed E-state index contributed by atoms with van der Waals surface area (Å²) in [5.74, 6) is 4.56. The second-order valence-corrected chi connectivity index (χ2v) is 5.01. The first kappa shape index (κ1) is 16.4. The van der Waals surface area contributed by atoms with Gasteiger partial charge in [0.05, 0.1) is 11.3 Å². The lowest BCUT2D eigenvalue weighted by Gasteiger charge is -2.30. The van der Waals surface area contributed by atoms with Crippen molar-refractivity contribution in [3.63, 3.8) is 0 Å². The number of benzene rings is 1. The molecule has 20 heavy (non-hydrogen) atoms. The fourth-order valence-electron chi connectivity index (χ4n) is 2.29. The Morgan fingerprint density at radius 3 is 2.60 bits per heavy atom. The van der Waals surface area contributed by atoms with Crippen molar-refractivity contribution in [1.29, 1.82) is 0 Å². The number of hydrogen-bond acceptors (Lipinski definition) is 4. The van der Waals surface area contributed by atoms with E-state index >= 15 is 0 Å². The Balaban J connectivity index is 3.05. The molecule has 1 rings (SSSR count). The van der Waals surface area contributed by atoms with Gasteiger partial charge in [0.25, 0.3) is 5.91 Å². The first-order valence-electron chi connectivity index (χ1n) is 6.63. The van der Waals surface area contributed by atoms with Gasteiger partial charge >= 0.3 is 0 Å². The number of rotatable bonds is 6. The first-order valence-corrected chi connectivity index (χ1v) is 6.63. The predicted molar refractivity (Wildman–Crippen MR) is 78.9 cm³/mol. The molecular weight excluding hydrogens is 259 g/mol. The van der Waals surface area contributed by atoms with Gasteiger partial charge in [0.2, 0.25) is 0 Å². The van der Waals surface area contributed by atoms with E-state index in [0.29, 0.717) is 6.54 Å². The number of carbonyl (C=O) groups is 1. The van der Waals surface area contributed by atoms with Crippen molar-refractivity contribution in [2.75, 3.05) is 32.6 Å². The molecule has 1 aromatic rings. The number of halogens is 1. The average molecular weight is 282 g/mol. The van der Waals surface area contributed by atoms with Gasteiger partial charge in [0.15, 0.2) is 0 Å². The Kier molecular flexibility index (Phi) is 5.91. The maximum absolute atomic E-state index is 13.7. The Hall–Kier alpha value is -1.66. The third-order valence-corrected chi connectivity index (χ3v) is 3.15. The van der Waals surface area contributed by atoms with Crippen molar-refractivity contribution in [2.24, 2.45) is 5.84 Å². The van der Waals surface area contributed by atoms with Gasteiger partial charge in [0, 0.05) is 19.1 Å². The predicted octanol–water partition coefficient (Wildman–Crippen LogP) is 1.52. The number of anilines is 1. The van der Waals surface area contributed by atoms with Gasteiger partial charge in [-0.3, -0.25) is 10.6 Å². The number of likely N-dealkylation sites (N-methyl/N-ethyl adjacent to an activating group) is 2. The molecule has 0 radical (unpaired) electrons. The van der Waals surface area contributed by atoms with Gasteiger partial charge < -0.3 is 15.2 Å². The van der Waals surface area contributed by atoms with E-state index in [1.54, 1.807) is 11.0 Å². The summed E-state index contributed by atoms with van der Waals surface area (Å²) in [5, 5.41) is 0. The molecule has 1 unspecified atom stereocenters. The van der Waals surface area contributed by atoms with Crippen LogP contribution in [0.2, 0.25) is 0 Å². The molecule has 0 spiro atoms. The first-order chi connectivity index (χ1) is 9.42. The highest BCUT2D eigenvalue weighted by atomic mass is 19.1. The maximum atomic E-state index is 13.7. The largest absolute Gasteiger partial charge is 0.335 e. The van der Waals surface area contributed by atoms with E-state index in [9.17, 15) is 9.18 Å². The summed E-state index contributed by atoms with van der Waals surface area (Å²) in [5.41, 5.74) is 2.56. The molecule has 0 saturated heterocycles. The van der Waals surface area contributed by atoms with E-state index in [1.807, 2.05) is 32.8 Å². The van der Waals surface area contributed by atoms with Crippen LogP contribution in [-0.2, 0) is 0 Å². The molecule has 6 heteroatoms. The normalized spacial score (nSPS) is 12.3. The number of carbonyl (C=O) groups excluding carboxylic acids is 1. The van der Waals surface area contributed by atoms with Gasteiger partial charge in [-0.1, -0.05) is 6.07 Å². The SMILES string of the molecule is CCN(C(=O)c1cccc(F)c1NN)C(C)CN(C)C. The molecule has 0 aliphatic heterocycles. The third kappa shape index (κ3) is 3.68. The highest BCUT2D eigenvalue weighted by molar-refractivity contribution is 5.99. The van der Waals surface area contributed by atoms with Crippen LogP contribution in [0.4, 0.5) is 10.1 Å². The number of nitrogen functional groups attached to an aromatic ring is 1. The summed E-state index contributed by atoms with van der Waals surface area (Å²) < 4.78 is 13.7. The molecule has 1 aromatic carbocycles. The zero-order valence-electron chi connectivity index (χ0n) is 12.5. The van der Waals surface area contributed by atoms with Gasteiger partial charge in [-0.2, -0.15) is 0 Å². The summed E-state index contributed by atoms with van der Waals surface area (Å²) in [4.78, 5) is 16.3. The van der Waals surface area contributed by atoms with Crippen LogP contribution in [0.15, 0.2) is 18.2 Å². The number of hydrazine groups is 1. The molecule has 0 aromatic heterocycles. The van der Waals surface area contributed by atoms with Crippen molar-refractivity contribution in [1.82, 2.24) is 9.80 Å². The van der Waals surface area contributed by atoms with Crippen LogP contribution in [0, 0.1) is 5.82 Å². The number of nitrogens with two attached hydrogens (primary N) is 1. The topological polar surface area (TPSA) is 61.6 Å². The molecule has 0 saturated carbocycles. The number of para-hydroxylation sites is 1. The summed E-state index contributed by atoms with van der Waals surface area (Å²) >= 11 is 0. The number of amides is 1. The highest BCUT2D eigenvalue weighted by Gasteiger charge is 2.23. The van der Waals surface area contributed by atoms with Crippen molar-refractivity contribution < 1.29 is 9.18 Å². The molecule has 0 bridgehead atoms. The monoisotopic (exact) mass is 282 g/mol. The number of hydrogen-bond donors (Lipinski definition) is 2. The average Bonchev–Trinajstić information content (AvgIpc) is 2.38. The molecule has 0 heterocycles. The zero-order valence-corrected chi connectivity index (χ0v) is 12.5. The van der Waals surface area contributed by atoms with Gasteiger partial charge in [-0.15, -0.1) is 0 Å². The molecule has 3 N–H and O–H groups in total. The van der Waals surface area contributed by atoms with Crippen molar-refractivity contribution in [3.05, 3.63) is 29.6 Å². The molecule has 1 amide bonds. The fraction of sp³-hybridized carbons (Fsp3) is 0.500. The number of nitrogens with one attached hydrogen (secondary N) is 1. The quantitative estimate of drug-likeness (QED) is 0.613. The summed E-state index contributed by atoms with van der Waals surface area (Å²) in [6, 6.07) is 4.38. The Morgan fingerprint density at radius 2 is 2.10 bits per heavy atom. The molecule has 0 aliphatic rings. The lowest BCUT2D eigenvalue weighted by Crippen LogP contribution is -2.44. The van der Waals surface area contributed by atoms with Crippen LogP contribution in [0.3, 0.4) is 0 Å². The molecule has 0 fully saturated rings. The smallest absolute Gasteiger partial charge is 0.256 e. The lowest BCUT2D eigenvalue weighted by atomic mass is 10.1. The van der Waals surface area contributed by atoms with Crippen molar-refractivity contribution in [3.8, 4) is 0 Å². The molecule has 1 atom stereocenters. The lowest BCUT2D eigenvalue weighted by molar-refractivity contribution is 0.0679. The Bertz CT molecular complexity index is 464. The number of nitrogens with zero attached hydrogens (tertiary/aromatic N) is 2. The minimum Gasteiger partial charge on any atom is -0.335 e. The fourth-order valence-corrected chi connectivity index (χ4v) is 2.29. The van der Waals surface area contributed by atoms with E-state index in [-0.39, 0.29) is 23.2 Å². The van der Waals surface area contributed by atoms with Gasteiger partial charge in [-0.25, -0.2) is 4.39 Å². The van der Waals surface area contributed by atoms with Crippen molar-refractivity contribution >= 4 is 11.6 Å². The summed E-state index contributed by atoms with van der Waals surface area (Å²) in [7, 11) is 3.90. The minimum absolute atomic E-state index is 0.0244. The van der Waals surface area contributed by atoms with Gasteiger partial charge in [0.1, 0.15) is 5.82 Å². The second-order valence-electron chi connectivity index (χ2n) is 5.01. The third-order valence-electron chi connectivity index (χ3n) is 3.15. The van der Waals surface area contributed by atoms with Crippen LogP contribution < -0.4 is 11.3 Å². The van der Waals surface area contributed by atoms with Crippen molar-refractivity contribution in [2.45, 2.75) is 19.9 Å². The van der Waals surface area contributed by atoms with Gasteiger partial charge in [-0.05, 0) is 40.1 Å². The van der Waals surface area contributed by atoms with E-state index in [1.165, 1.54) is 12.1 Å². The van der Waals surface area contributed by atoms with E-state index < -0.39 is 5.82 Å². The summed E-state index contributed by atoms with van der Waals surface area (Å²) in [6.07, 6.45) is 0. The van der Waals surface area contributed by atoms with Crippen LogP contribution in [0.1, 0.15) is 24.2 Å². The van der Waals surface area contributed by atoms with E-state index in [2.05, 4.69) is 5.43 Å². The minimum atomic E-state index is -0.533. The highest BCUT2D eigenvalue weighted by Crippen LogP contribution is 2.21. The molecule has 5 nitrogen and oxygen atoms in total. The van der Waals surface area contributed by atoms with E-state index in [4.69, 9.17) is 5.84 Å². The van der Waals surface area contributed by atoms with Crippen LogP contribution in [0.5, 0.6) is 0 Å². The standard InChI is InChI=1S/C14H23FN4O/c1-5-19(10(2)9-18(3)4)14(20)11-7-6-8-12(15)13(11)17-16/h6-8,10,17H,5,9,16H2,1-4H3. The Labute approximate surface area is 119 Å². The van der Waals surface area contributed by atoms with Crippen LogP contribution in [-0.4, -0.2) is 48.9 Å². The van der Waals surface area contributed by atoms with E-state index in [0.717, 1.165) is 6.54 Å². The molecular formula is C14H23FN4O. The Morgan fingerprint density at radius 1 is 1.45 bits per heavy atom. The molecule has 112 valence electrons. The van der Waals surface area contributed by atoms with Crippen LogP contribution in [0.25, 0.3) is 0 Å². The zero-order chi connectivity index (χ0) is 15.3. The maximum Gasteiger partial charge on any atom is 0.256 e. The second kappa shape index (κ2) is 7.21. The summed E-state index contributed by atoms with van der Waals surface area (Å²) in [6.45, 7) is 5.16. The molecule has 0 aliphatic carbocycles. The van der Waals surface area contributed by atoms with Crippen LogP contribution >= 0.6 is 0 Å².